The Labute approximate surface area is 160 Å². The fourth-order valence-corrected chi connectivity index (χ4v) is 3.39. The van der Waals surface area contributed by atoms with E-state index < -0.39 is 5.54 Å². The Hall–Kier alpha value is -2.28. The predicted molar refractivity (Wildman–Crippen MR) is 102 cm³/mol. The third-order valence-corrected chi connectivity index (χ3v) is 4.71. The molecule has 1 unspecified atom stereocenters. The van der Waals surface area contributed by atoms with Gasteiger partial charge in [-0.25, -0.2) is 9.98 Å². The Kier molecular flexibility index (Phi) is 3.87. The molecule has 2 aliphatic rings. The number of aromatic nitrogens is 1. The van der Waals surface area contributed by atoms with Crippen molar-refractivity contribution in [2.24, 2.45) is 16.1 Å². The van der Waals surface area contributed by atoms with Crippen LogP contribution < -0.4 is 15.2 Å². The first-order valence-corrected chi connectivity index (χ1v) is 9.16. The summed E-state index contributed by atoms with van der Waals surface area (Å²) in [5, 5.41) is 0. The van der Waals surface area contributed by atoms with Gasteiger partial charge < -0.3 is 19.9 Å². The molecule has 2 N–H and O–H groups in total. The molecule has 0 saturated carbocycles. The highest BCUT2D eigenvalue weighted by Gasteiger charge is 2.48. The molecule has 1 spiro atoms. The highest BCUT2D eigenvalue weighted by molar-refractivity contribution is 9.10. The molecule has 0 bridgehead atoms. The minimum atomic E-state index is -0.835. The van der Waals surface area contributed by atoms with E-state index in [1.807, 2.05) is 30.3 Å². The van der Waals surface area contributed by atoms with Crippen LogP contribution >= 0.6 is 15.9 Å². The molecule has 1 aromatic carbocycles. The average molecular weight is 418 g/mol. The molecule has 0 amide bonds. The van der Waals surface area contributed by atoms with Crippen molar-refractivity contribution < 1.29 is 14.2 Å². The van der Waals surface area contributed by atoms with E-state index in [1.54, 1.807) is 0 Å². The molecule has 0 saturated heterocycles. The van der Waals surface area contributed by atoms with Crippen molar-refractivity contribution >= 4 is 22.0 Å². The molecule has 6 nitrogen and oxygen atoms in total. The average Bonchev–Trinajstić information content (AvgIpc) is 2.96. The highest BCUT2D eigenvalue weighted by Crippen LogP contribution is 2.50. The van der Waals surface area contributed by atoms with Gasteiger partial charge in [0.25, 0.3) is 6.02 Å². The van der Waals surface area contributed by atoms with Crippen LogP contribution in [0.3, 0.4) is 0 Å². The van der Waals surface area contributed by atoms with Crippen LogP contribution in [-0.4, -0.2) is 24.2 Å². The summed E-state index contributed by atoms with van der Waals surface area (Å²) in [5.41, 5.74) is 6.57. The number of hydrogen-bond donors (Lipinski definition) is 1. The van der Waals surface area contributed by atoms with E-state index in [4.69, 9.17) is 24.9 Å². The van der Waals surface area contributed by atoms with E-state index in [1.165, 1.54) is 0 Å². The fraction of sp³-hybridized carbons (Fsp3) is 0.368. The zero-order valence-electron chi connectivity index (χ0n) is 14.9. The largest absolute Gasteiger partial charge is 0.477 e. The van der Waals surface area contributed by atoms with Crippen LogP contribution in [0.5, 0.6) is 17.4 Å². The maximum atomic E-state index is 6.05. The number of ether oxygens (including phenoxy) is 3. The van der Waals surface area contributed by atoms with E-state index in [0.29, 0.717) is 29.7 Å². The van der Waals surface area contributed by atoms with Gasteiger partial charge in [-0.3, -0.25) is 0 Å². The van der Waals surface area contributed by atoms with Crippen LogP contribution in [0.15, 0.2) is 39.8 Å². The third kappa shape index (κ3) is 2.90. The van der Waals surface area contributed by atoms with Crippen molar-refractivity contribution in [2.45, 2.75) is 26.3 Å². The summed E-state index contributed by atoms with van der Waals surface area (Å²) in [4.78, 5) is 9.32. The third-order valence-electron chi connectivity index (χ3n) is 4.21. The first-order chi connectivity index (χ1) is 12.3. The second-order valence-electron chi connectivity index (χ2n) is 7.69. The second-order valence-corrected chi connectivity index (χ2v) is 8.60. The van der Waals surface area contributed by atoms with Crippen LogP contribution in [0.25, 0.3) is 0 Å². The van der Waals surface area contributed by atoms with Gasteiger partial charge in [0.2, 0.25) is 5.88 Å². The molecule has 7 heteroatoms. The van der Waals surface area contributed by atoms with Gasteiger partial charge in [0, 0.05) is 16.1 Å². The lowest BCUT2D eigenvalue weighted by Gasteiger charge is -2.32. The normalized spacial score (nSPS) is 20.7. The number of rotatable bonds is 2. The van der Waals surface area contributed by atoms with Gasteiger partial charge in [0.1, 0.15) is 18.1 Å². The minimum Gasteiger partial charge on any atom is -0.477 e. The lowest BCUT2D eigenvalue weighted by Crippen LogP contribution is -2.32. The van der Waals surface area contributed by atoms with Crippen LogP contribution in [0.1, 0.15) is 32.0 Å². The number of benzene rings is 1. The molecule has 1 aromatic heterocycles. The SMILES string of the molecule is CC(C)(C)COc1ccc2c(n1)C1(COC(N)=N1)c1cc(Br)ccc1O2. The molecule has 2 aromatic rings. The summed E-state index contributed by atoms with van der Waals surface area (Å²) in [6.45, 7) is 7.16. The van der Waals surface area contributed by atoms with Crippen molar-refractivity contribution in [3.63, 3.8) is 0 Å². The van der Waals surface area contributed by atoms with Gasteiger partial charge in [-0.1, -0.05) is 36.7 Å². The molecule has 0 radical (unpaired) electrons. The summed E-state index contributed by atoms with van der Waals surface area (Å²) in [6, 6.07) is 9.61. The van der Waals surface area contributed by atoms with Gasteiger partial charge in [0.15, 0.2) is 11.3 Å². The number of pyridine rings is 1. The molecule has 2 aliphatic heterocycles. The Morgan fingerprint density at radius 2 is 2.00 bits per heavy atom. The molecular weight excluding hydrogens is 398 g/mol. The van der Waals surface area contributed by atoms with Crippen LogP contribution in [-0.2, 0) is 10.3 Å². The van der Waals surface area contributed by atoms with E-state index in [2.05, 4.69) is 41.7 Å². The number of aliphatic imine (C=N–C) groups is 1. The lowest BCUT2D eigenvalue weighted by atomic mass is 9.85. The molecule has 136 valence electrons. The molecule has 3 heterocycles. The number of fused-ring (bicyclic) bond motifs is 4. The maximum absolute atomic E-state index is 6.05. The zero-order chi connectivity index (χ0) is 18.5. The summed E-state index contributed by atoms with van der Waals surface area (Å²) in [5.74, 6) is 1.87. The van der Waals surface area contributed by atoms with Gasteiger partial charge in [0.05, 0.1) is 6.61 Å². The van der Waals surface area contributed by atoms with Crippen molar-refractivity contribution in [3.05, 3.63) is 46.1 Å². The van der Waals surface area contributed by atoms with Gasteiger partial charge >= 0.3 is 0 Å². The Morgan fingerprint density at radius 3 is 2.69 bits per heavy atom. The Bertz CT molecular complexity index is 907. The molecular formula is C19H20BrN3O3. The first kappa shape index (κ1) is 17.1. The number of nitrogens with zero attached hydrogens (tertiary/aromatic N) is 2. The highest BCUT2D eigenvalue weighted by atomic mass is 79.9. The molecule has 1 atom stereocenters. The van der Waals surface area contributed by atoms with Crippen molar-refractivity contribution in [3.8, 4) is 17.4 Å². The molecule has 4 rings (SSSR count). The second kappa shape index (κ2) is 5.87. The monoisotopic (exact) mass is 417 g/mol. The Morgan fingerprint density at radius 1 is 1.23 bits per heavy atom. The van der Waals surface area contributed by atoms with Crippen LogP contribution in [0.4, 0.5) is 0 Å². The van der Waals surface area contributed by atoms with Crippen molar-refractivity contribution in [1.82, 2.24) is 4.98 Å². The number of nitrogens with two attached hydrogens (primary N) is 1. The minimum absolute atomic E-state index is 0.0300. The number of hydrogen-bond acceptors (Lipinski definition) is 6. The van der Waals surface area contributed by atoms with Gasteiger partial charge in [-0.05, 0) is 29.7 Å². The molecule has 0 fully saturated rings. The zero-order valence-corrected chi connectivity index (χ0v) is 16.5. The van der Waals surface area contributed by atoms with Crippen molar-refractivity contribution in [2.75, 3.05) is 13.2 Å². The lowest BCUT2D eigenvalue weighted by molar-refractivity contribution is 0.189. The van der Waals surface area contributed by atoms with Gasteiger partial charge in [-0.15, -0.1) is 0 Å². The summed E-state index contributed by atoms with van der Waals surface area (Å²) < 4.78 is 18.4. The van der Waals surface area contributed by atoms with Crippen LogP contribution in [0, 0.1) is 5.41 Å². The van der Waals surface area contributed by atoms with Crippen molar-refractivity contribution in [1.29, 1.82) is 0 Å². The van der Waals surface area contributed by atoms with Crippen LogP contribution in [0.2, 0.25) is 0 Å². The van der Waals surface area contributed by atoms with E-state index in [-0.39, 0.29) is 18.0 Å². The predicted octanol–water partition coefficient (Wildman–Crippen LogP) is 3.96. The van der Waals surface area contributed by atoms with E-state index >= 15 is 0 Å². The van der Waals surface area contributed by atoms with Gasteiger partial charge in [-0.2, -0.15) is 0 Å². The summed E-state index contributed by atoms with van der Waals surface area (Å²) in [7, 11) is 0. The summed E-state index contributed by atoms with van der Waals surface area (Å²) >= 11 is 3.52. The smallest absolute Gasteiger partial charge is 0.283 e. The summed E-state index contributed by atoms with van der Waals surface area (Å²) in [6.07, 6.45) is 0. The van der Waals surface area contributed by atoms with E-state index in [0.717, 1.165) is 10.0 Å². The van der Waals surface area contributed by atoms with E-state index in [9.17, 15) is 0 Å². The number of amidine groups is 1. The molecule has 0 aliphatic carbocycles. The topological polar surface area (TPSA) is 79.0 Å². The maximum Gasteiger partial charge on any atom is 0.283 e. The quantitative estimate of drug-likeness (QED) is 0.799. The fourth-order valence-electron chi connectivity index (χ4n) is 3.03. The molecule has 26 heavy (non-hydrogen) atoms. The number of halogens is 1. The standard InChI is InChI=1S/C19H20BrN3O3/c1-18(2,3)9-24-15-7-6-14-16(22-15)19(10-25-17(21)23-19)12-8-11(20)4-5-13(12)26-14/h4-8H,9-10H2,1-3H3,(H2,21,23). The first-order valence-electron chi connectivity index (χ1n) is 8.37. The Balaban J connectivity index is 1.83.